The standard InChI is InChI=1S/C29H50N2O3/c1-19(5-8-27(33)34-4)22-6-7-23-21-18-26(32)25-17-20(31-15-13-30-14-16-31)9-11-29(25,3)24(21)10-12-28(22,23)2/h19-26,30,32H,5-18H2,1-4H3/t19-,20-,21?,22?,23?,24?,25?,26+,28+,29+/m0/s1. The Bertz CT molecular complexity index is 739. The fraction of sp³-hybridized carbons (Fsp3) is 0.966. The van der Waals surface area contributed by atoms with Crippen LogP contribution in [0.1, 0.15) is 85.0 Å². The normalized spacial score (nSPS) is 47.9. The summed E-state index contributed by atoms with van der Waals surface area (Å²) in [6, 6.07) is 0.673. The lowest BCUT2D eigenvalue weighted by molar-refractivity contribution is -0.168. The molecule has 34 heavy (non-hydrogen) atoms. The molecular formula is C29H50N2O3. The number of hydrogen-bond donors (Lipinski definition) is 2. The molecule has 1 aliphatic heterocycles. The van der Waals surface area contributed by atoms with Gasteiger partial charge in [0.05, 0.1) is 13.2 Å². The highest BCUT2D eigenvalue weighted by molar-refractivity contribution is 5.69. The van der Waals surface area contributed by atoms with Gasteiger partial charge in [-0.15, -0.1) is 0 Å². The van der Waals surface area contributed by atoms with Crippen molar-refractivity contribution in [3.05, 3.63) is 0 Å². The number of ether oxygens (including phenoxy) is 1. The van der Waals surface area contributed by atoms with Crippen molar-refractivity contribution < 1.29 is 14.6 Å². The van der Waals surface area contributed by atoms with Crippen LogP contribution < -0.4 is 5.32 Å². The van der Waals surface area contributed by atoms with Gasteiger partial charge in [0.1, 0.15) is 0 Å². The highest BCUT2D eigenvalue weighted by Gasteiger charge is 2.62. The summed E-state index contributed by atoms with van der Waals surface area (Å²) in [4.78, 5) is 14.5. The topological polar surface area (TPSA) is 61.8 Å². The zero-order valence-corrected chi connectivity index (χ0v) is 22.2. The summed E-state index contributed by atoms with van der Waals surface area (Å²) >= 11 is 0. The minimum Gasteiger partial charge on any atom is -0.469 e. The molecule has 5 fully saturated rings. The van der Waals surface area contributed by atoms with E-state index in [1.165, 1.54) is 65.1 Å². The summed E-state index contributed by atoms with van der Waals surface area (Å²) in [5.41, 5.74) is 0.681. The van der Waals surface area contributed by atoms with Crippen LogP contribution in [0.2, 0.25) is 0 Å². The molecule has 5 unspecified atom stereocenters. The van der Waals surface area contributed by atoms with Crippen LogP contribution in [0, 0.1) is 46.3 Å². The third-order valence-corrected chi connectivity index (χ3v) is 12.1. The van der Waals surface area contributed by atoms with Gasteiger partial charge < -0.3 is 15.2 Å². The summed E-state index contributed by atoms with van der Waals surface area (Å²) in [5, 5.41) is 15.1. The molecule has 1 heterocycles. The Hall–Kier alpha value is -0.650. The molecule has 0 radical (unpaired) electrons. The number of nitrogens with one attached hydrogen (secondary N) is 1. The Kier molecular flexibility index (Phi) is 7.11. The van der Waals surface area contributed by atoms with Crippen LogP contribution in [-0.4, -0.2) is 61.4 Å². The van der Waals surface area contributed by atoms with Gasteiger partial charge >= 0.3 is 5.97 Å². The zero-order valence-electron chi connectivity index (χ0n) is 22.2. The average Bonchev–Trinajstić information content (AvgIpc) is 3.20. The average molecular weight is 475 g/mol. The van der Waals surface area contributed by atoms with Crippen LogP contribution in [-0.2, 0) is 9.53 Å². The number of methoxy groups -OCH3 is 1. The van der Waals surface area contributed by atoms with E-state index in [1.807, 2.05) is 0 Å². The molecule has 194 valence electrons. The lowest BCUT2D eigenvalue weighted by Gasteiger charge is -2.63. The van der Waals surface area contributed by atoms with Crippen LogP contribution in [0.5, 0.6) is 0 Å². The van der Waals surface area contributed by atoms with Crippen molar-refractivity contribution in [3.8, 4) is 0 Å². The Morgan fingerprint density at radius 1 is 1.03 bits per heavy atom. The van der Waals surface area contributed by atoms with Gasteiger partial charge in [-0.05, 0) is 104 Å². The first-order chi connectivity index (χ1) is 16.3. The number of aliphatic hydroxyl groups excluding tert-OH is 1. The van der Waals surface area contributed by atoms with Crippen molar-refractivity contribution in [3.63, 3.8) is 0 Å². The SMILES string of the molecule is COC(=O)CC[C@H](C)C1CCC2C3C[C@@H](O)C4C[C@@H](N5CCNCC5)CC[C@]4(C)C3CC[C@@]21C. The van der Waals surface area contributed by atoms with Crippen molar-refractivity contribution in [2.24, 2.45) is 46.3 Å². The zero-order chi connectivity index (χ0) is 24.1. The Balaban J connectivity index is 1.29. The monoisotopic (exact) mass is 474 g/mol. The van der Waals surface area contributed by atoms with E-state index >= 15 is 0 Å². The van der Waals surface area contributed by atoms with E-state index in [0.29, 0.717) is 47.0 Å². The lowest BCUT2D eigenvalue weighted by Crippen LogP contribution is -2.60. The smallest absolute Gasteiger partial charge is 0.305 e. The molecule has 0 aromatic rings. The van der Waals surface area contributed by atoms with E-state index in [-0.39, 0.29) is 12.1 Å². The van der Waals surface area contributed by atoms with Gasteiger partial charge in [-0.1, -0.05) is 20.8 Å². The molecule has 5 heteroatoms. The Morgan fingerprint density at radius 2 is 1.74 bits per heavy atom. The number of esters is 1. The van der Waals surface area contributed by atoms with Gasteiger partial charge in [-0.2, -0.15) is 0 Å². The van der Waals surface area contributed by atoms with Crippen LogP contribution in [0.3, 0.4) is 0 Å². The van der Waals surface area contributed by atoms with Crippen LogP contribution in [0.25, 0.3) is 0 Å². The number of piperazine rings is 1. The van der Waals surface area contributed by atoms with Crippen LogP contribution in [0.4, 0.5) is 0 Å². The summed E-state index contributed by atoms with van der Waals surface area (Å²) in [7, 11) is 1.50. The minimum absolute atomic E-state index is 0.0685. The van der Waals surface area contributed by atoms with E-state index in [0.717, 1.165) is 37.8 Å². The largest absolute Gasteiger partial charge is 0.469 e. The molecule has 5 nitrogen and oxygen atoms in total. The predicted octanol–water partition coefficient (Wildman–Crippen LogP) is 4.48. The molecule has 0 bridgehead atoms. The fourth-order valence-corrected chi connectivity index (χ4v) is 10.3. The highest BCUT2D eigenvalue weighted by atomic mass is 16.5. The first kappa shape index (κ1) is 25.0. The molecule has 0 aromatic carbocycles. The predicted molar refractivity (Wildman–Crippen MR) is 135 cm³/mol. The van der Waals surface area contributed by atoms with Crippen LogP contribution in [0.15, 0.2) is 0 Å². The fourth-order valence-electron chi connectivity index (χ4n) is 10.3. The van der Waals surface area contributed by atoms with Gasteiger partial charge in [-0.3, -0.25) is 9.69 Å². The van der Waals surface area contributed by atoms with Crippen molar-refractivity contribution in [2.75, 3.05) is 33.3 Å². The molecular weight excluding hydrogens is 424 g/mol. The highest BCUT2D eigenvalue weighted by Crippen LogP contribution is 2.68. The maximum absolute atomic E-state index is 11.8. The van der Waals surface area contributed by atoms with Gasteiger partial charge in [-0.25, -0.2) is 0 Å². The first-order valence-corrected chi connectivity index (χ1v) is 14.5. The van der Waals surface area contributed by atoms with E-state index in [4.69, 9.17) is 4.74 Å². The second-order valence-electron chi connectivity index (χ2n) is 13.3. The number of carbonyl (C=O) groups excluding carboxylic acids is 1. The molecule has 5 aliphatic rings. The molecule has 0 amide bonds. The summed E-state index contributed by atoms with van der Waals surface area (Å²) < 4.78 is 4.91. The van der Waals surface area contributed by atoms with Crippen LogP contribution >= 0.6 is 0 Å². The molecule has 4 aliphatic carbocycles. The molecule has 1 saturated heterocycles. The molecule has 2 N–H and O–H groups in total. The van der Waals surface area contributed by atoms with Gasteiger partial charge in [0.25, 0.3) is 0 Å². The third kappa shape index (κ3) is 4.16. The quantitative estimate of drug-likeness (QED) is 0.576. The second-order valence-corrected chi connectivity index (χ2v) is 13.3. The Morgan fingerprint density at radius 3 is 2.47 bits per heavy atom. The summed E-state index contributed by atoms with van der Waals surface area (Å²) in [5.74, 6) is 3.89. The van der Waals surface area contributed by atoms with Gasteiger partial charge in [0.2, 0.25) is 0 Å². The minimum atomic E-state index is -0.130. The third-order valence-electron chi connectivity index (χ3n) is 12.1. The maximum atomic E-state index is 11.8. The molecule has 5 rings (SSSR count). The van der Waals surface area contributed by atoms with Gasteiger partial charge in [0.15, 0.2) is 0 Å². The number of aliphatic hydroxyl groups is 1. The number of rotatable bonds is 5. The lowest BCUT2D eigenvalue weighted by atomic mass is 9.43. The van der Waals surface area contributed by atoms with E-state index in [9.17, 15) is 9.90 Å². The van der Waals surface area contributed by atoms with Crippen molar-refractivity contribution in [1.29, 1.82) is 0 Å². The first-order valence-electron chi connectivity index (χ1n) is 14.5. The number of nitrogens with zero attached hydrogens (tertiary/aromatic N) is 1. The second kappa shape index (κ2) is 9.67. The number of fused-ring (bicyclic) bond motifs is 5. The summed E-state index contributed by atoms with van der Waals surface area (Å²) in [6.07, 6.45) is 11.5. The molecule has 0 aromatic heterocycles. The van der Waals surface area contributed by atoms with E-state index in [1.54, 1.807) is 0 Å². The van der Waals surface area contributed by atoms with E-state index in [2.05, 4.69) is 31.0 Å². The van der Waals surface area contributed by atoms with Crippen molar-refractivity contribution >= 4 is 5.97 Å². The molecule has 10 atom stereocenters. The number of hydrogen-bond acceptors (Lipinski definition) is 5. The molecule has 4 saturated carbocycles. The Labute approximate surface area is 207 Å². The molecule has 0 spiro atoms. The number of carbonyl (C=O) groups is 1. The maximum Gasteiger partial charge on any atom is 0.305 e. The van der Waals surface area contributed by atoms with Crippen molar-refractivity contribution in [2.45, 2.75) is 97.1 Å². The summed E-state index contributed by atoms with van der Waals surface area (Å²) in [6.45, 7) is 12.1. The van der Waals surface area contributed by atoms with E-state index < -0.39 is 0 Å². The van der Waals surface area contributed by atoms with Gasteiger partial charge in [0, 0.05) is 38.6 Å². The van der Waals surface area contributed by atoms with Crippen molar-refractivity contribution in [1.82, 2.24) is 10.2 Å².